The van der Waals surface area contributed by atoms with Crippen molar-refractivity contribution in [1.82, 2.24) is 4.98 Å². The number of nitrogens with zero attached hydrogens (tertiary/aromatic N) is 1. The summed E-state index contributed by atoms with van der Waals surface area (Å²) in [5.41, 5.74) is 0.0347. The van der Waals surface area contributed by atoms with Gasteiger partial charge in [0.2, 0.25) is 0 Å². The largest absolute Gasteiger partial charge is 0.455 e. The number of aliphatic hydroxyl groups excluding tert-OH is 2. The van der Waals surface area contributed by atoms with Crippen LogP contribution >= 0.6 is 0 Å². The molecule has 2 rings (SSSR count). The molecule has 202 valence electrons. The van der Waals surface area contributed by atoms with Crippen LogP contribution in [-0.4, -0.2) is 45.3 Å². The molecule has 1 unspecified atom stereocenters. The number of ketones is 1. The van der Waals surface area contributed by atoms with Crippen LogP contribution in [0.2, 0.25) is 0 Å². The number of terminal acetylenes is 1. The number of aromatic nitrogens is 1. The van der Waals surface area contributed by atoms with Crippen LogP contribution in [-0.2, 0) is 14.3 Å². The minimum Gasteiger partial charge on any atom is -0.455 e. The van der Waals surface area contributed by atoms with Crippen molar-refractivity contribution in [3.05, 3.63) is 47.6 Å². The number of halogens is 1. The SMILES string of the molecule is C#CCC[C@H]1C(=O)C(C)(C)[C@@H](O)CC(=O)OC(/C(F)=C\c2ccccn2)C/C=C(/C)CCC[C@H](C)[C@@H]1O. The molecule has 6 nitrogen and oxygen atoms in total. The number of carbonyl (C=O) groups is 2. The van der Waals surface area contributed by atoms with Crippen molar-refractivity contribution in [2.24, 2.45) is 17.3 Å². The third-order valence-corrected chi connectivity index (χ3v) is 7.23. The van der Waals surface area contributed by atoms with Crippen molar-refractivity contribution in [3.8, 4) is 12.3 Å². The standard InChI is InChI=1S/C30H40FNO5/c1-6-7-14-23-28(35)21(3)12-10-11-20(2)15-16-25(24(31)18-22-13-8-9-17-32-22)37-27(34)19-26(33)30(4,5)29(23)36/h1,8-9,13,15,17-18,21,23,25-26,28,33,35H,7,10-12,14,16,19H2,2-5H3/b20-15-,24-18+/t21-,23+,25?,26-,28-/m0/s1. The van der Waals surface area contributed by atoms with Gasteiger partial charge in [-0.2, -0.15) is 0 Å². The Labute approximate surface area is 220 Å². The van der Waals surface area contributed by atoms with Gasteiger partial charge in [0.1, 0.15) is 11.6 Å². The normalized spacial score (nSPS) is 30.1. The van der Waals surface area contributed by atoms with E-state index in [0.717, 1.165) is 18.4 Å². The van der Waals surface area contributed by atoms with E-state index in [9.17, 15) is 19.8 Å². The minimum atomic E-state index is -1.39. The van der Waals surface area contributed by atoms with E-state index in [4.69, 9.17) is 11.2 Å². The highest BCUT2D eigenvalue weighted by Crippen LogP contribution is 2.34. The Morgan fingerprint density at radius 3 is 2.70 bits per heavy atom. The van der Waals surface area contributed by atoms with Gasteiger partial charge in [-0.05, 0) is 56.7 Å². The smallest absolute Gasteiger partial charge is 0.309 e. The molecule has 0 fully saturated rings. The number of pyridine rings is 1. The predicted octanol–water partition coefficient (Wildman–Crippen LogP) is 5.20. The Bertz CT molecular complexity index is 1010. The number of ether oxygens (including phenoxy) is 1. The van der Waals surface area contributed by atoms with E-state index in [-0.39, 0.29) is 24.5 Å². The van der Waals surface area contributed by atoms with Gasteiger partial charge in [-0.25, -0.2) is 4.39 Å². The topological polar surface area (TPSA) is 96.7 Å². The van der Waals surface area contributed by atoms with E-state index < -0.39 is 47.9 Å². The third-order valence-electron chi connectivity index (χ3n) is 7.23. The Morgan fingerprint density at radius 2 is 2.05 bits per heavy atom. The van der Waals surface area contributed by atoms with E-state index in [1.54, 1.807) is 38.2 Å². The zero-order chi connectivity index (χ0) is 27.6. The number of Topliss-reactive ketones (excluding diaryl/α,β-unsaturated/α-hetero) is 1. The average Bonchev–Trinajstić information content (AvgIpc) is 2.86. The number of hydrogen-bond acceptors (Lipinski definition) is 6. The second kappa shape index (κ2) is 14.2. The van der Waals surface area contributed by atoms with Gasteiger partial charge in [0.25, 0.3) is 0 Å². The molecule has 1 aliphatic heterocycles. The maximum Gasteiger partial charge on any atom is 0.309 e. The summed E-state index contributed by atoms with van der Waals surface area (Å²) in [4.78, 5) is 30.4. The minimum absolute atomic E-state index is 0.123. The van der Waals surface area contributed by atoms with Gasteiger partial charge in [-0.15, -0.1) is 12.3 Å². The first-order valence-electron chi connectivity index (χ1n) is 12.9. The highest BCUT2D eigenvalue weighted by molar-refractivity contribution is 5.88. The lowest BCUT2D eigenvalue weighted by molar-refractivity contribution is -0.155. The highest BCUT2D eigenvalue weighted by atomic mass is 19.1. The summed E-state index contributed by atoms with van der Waals surface area (Å²) in [6.45, 7) is 6.91. The lowest BCUT2D eigenvalue weighted by Gasteiger charge is -2.36. The van der Waals surface area contributed by atoms with Crippen molar-refractivity contribution in [2.45, 2.75) is 91.0 Å². The maximum atomic E-state index is 15.2. The quantitative estimate of drug-likeness (QED) is 0.327. The van der Waals surface area contributed by atoms with Gasteiger partial charge in [0.15, 0.2) is 6.10 Å². The van der Waals surface area contributed by atoms with Gasteiger partial charge < -0.3 is 14.9 Å². The lowest BCUT2D eigenvalue weighted by Crippen LogP contribution is -2.46. The molecule has 0 bridgehead atoms. The molecular weight excluding hydrogens is 473 g/mol. The summed E-state index contributed by atoms with van der Waals surface area (Å²) in [6.07, 6.45) is 8.91. The molecule has 0 saturated heterocycles. The average molecular weight is 514 g/mol. The molecule has 0 aromatic carbocycles. The number of esters is 1. The van der Waals surface area contributed by atoms with E-state index in [1.807, 2.05) is 19.9 Å². The van der Waals surface area contributed by atoms with Gasteiger partial charge in [0.05, 0.1) is 29.7 Å². The molecule has 0 aliphatic carbocycles. The van der Waals surface area contributed by atoms with Gasteiger partial charge in [0, 0.05) is 25.0 Å². The molecule has 2 heterocycles. The van der Waals surface area contributed by atoms with Gasteiger partial charge in [-0.3, -0.25) is 14.6 Å². The first kappa shape index (κ1) is 30.4. The zero-order valence-corrected chi connectivity index (χ0v) is 22.3. The first-order chi connectivity index (χ1) is 17.5. The monoisotopic (exact) mass is 513 g/mol. The number of rotatable bonds is 4. The predicted molar refractivity (Wildman–Crippen MR) is 142 cm³/mol. The fraction of sp³-hybridized carbons (Fsp3) is 0.567. The summed E-state index contributed by atoms with van der Waals surface area (Å²) in [6, 6.07) is 5.09. The number of allylic oxidation sites excluding steroid dienone is 1. The van der Waals surface area contributed by atoms with E-state index in [2.05, 4.69) is 10.9 Å². The number of aliphatic hydroxyl groups is 2. The van der Waals surface area contributed by atoms with Crippen LogP contribution in [0, 0.1) is 29.6 Å². The van der Waals surface area contributed by atoms with E-state index in [1.165, 1.54) is 6.08 Å². The van der Waals surface area contributed by atoms with Crippen molar-refractivity contribution >= 4 is 17.8 Å². The summed E-state index contributed by atoms with van der Waals surface area (Å²) in [7, 11) is 0. The first-order valence-corrected chi connectivity index (χ1v) is 12.9. The van der Waals surface area contributed by atoms with E-state index >= 15 is 4.39 Å². The van der Waals surface area contributed by atoms with Crippen LogP contribution in [0.5, 0.6) is 0 Å². The zero-order valence-electron chi connectivity index (χ0n) is 22.3. The van der Waals surface area contributed by atoms with Crippen molar-refractivity contribution < 1.29 is 28.9 Å². The number of cyclic esters (lactones) is 1. The second-order valence-corrected chi connectivity index (χ2v) is 10.6. The Hall–Kier alpha value is -2.82. The summed E-state index contributed by atoms with van der Waals surface area (Å²) in [5.74, 6) is -0.264. The Balaban J connectivity index is 2.38. The third kappa shape index (κ3) is 8.91. The van der Waals surface area contributed by atoms with Crippen molar-refractivity contribution in [2.75, 3.05) is 0 Å². The fourth-order valence-electron chi connectivity index (χ4n) is 4.55. The van der Waals surface area contributed by atoms with Crippen LogP contribution < -0.4 is 0 Å². The summed E-state index contributed by atoms with van der Waals surface area (Å²) >= 11 is 0. The molecule has 37 heavy (non-hydrogen) atoms. The van der Waals surface area contributed by atoms with Crippen LogP contribution in [0.1, 0.15) is 78.3 Å². The highest BCUT2D eigenvalue weighted by Gasteiger charge is 2.43. The Kier molecular flexibility index (Phi) is 11.7. The van der Waals surface area contributed by atoms with E-state index in [0.29, 0.717) is 18.5 Å². The van der Waals surface area contributed by atoms with Gasteiger partial charge >= 0.3 is 5.97 Å². The summed E-state index contributed by atoms with van der Waals surface area (Å²) in [5, 5.41) is 22.0. The Morgan fingerprint density at radius 1 is 1.32 bits per heavy atom. The summed E-state index contributed by atoms with van der Waals surface area (Å²) < 4.78 is 20.7. The van der Waals surface area contributed by atoms with Crippen LogP contribution in [0.4, 0.5) is 4.39 Å². The fourth-order valence-corrected chi connectivity index (χ4v) is 4.55. The van der Waals surface area contributed by atoms with Crippen LogP contribution in [0.15, 0.2) is 41.9 Å². The number of hydrogen-bond donors (Lipinski definition) is 2. The molecule has 1 aromatic rings. The lowest BCUT2D eigenvalue weighted by atomic mass is 9.71. The molecule has 7 heteroatoms. The molecule has 2 N–H and O–H groups in total. The molecule has 0 saturated carbocycles. The van der Waals surface area contributed by atoms with Crippen molar-refractivity contribution in [3.63, 3.8) is 0 Å². The van der Waals surface area contributed by atoms with Crippen molar-refractivity contribution in [1.29, 1.82) is 0 Å². The van der Waals surface area contributed by atoms with Crippen LogP contribution in [0.25, 0.3) is 6.08 Å². The molecule has 5 atom stereocenters. The van der Waals surface area contributed by atoms with Gasteiger partial charge in [-0.1, -0.05) is 38.5 Å². The molecule has 1 aliphatic rings. The second-order valence-electron chi connectivity index (χ2n) is 10.6. The molecule has 1 aromatic heterocycles. The molecule has 0 radical (unpaired) electrons. The van der Waals surface area contributed by atoms with Crippen LogP contribution in [0.3, 0.4) is 0 Å². The number of carbonyl (C=O) groups excluding carboxylic acids is 2. The molecule has 0 amide bonds. The maximum absolute atomic E-state index is 15.2. The molecular formula is C30H40FNO5. The molecule has 0 spiro atoms.